The van der Waals surface area contributed by atoms with E-state index in [9.17, 15) is 4.79 Å². The highest BCUT2D eigenvalue weighted by Gasteiger charge is 2.39. The van der Waals surface area contributed by atoms with Gasteiger partial charge < -0.3 is 9.84 Å². The van der Waals surface area contributed by atoms with Gasteiger partial charge in [-0.1, -0.05) is 38.3 Å². The second-order valence-corrected chi connectivity index (χ2v) is 9.58. The largest absolute Gasteiger partial charge is 0.361 e. The number of aryl methyl sites for hydroxylation is 2. The van der Waals surface area contributed by atoms with Crippen LogP contribution in [0.1, 0.15) is 75.8 Å². The first kappa shape index (κ1) is 22.3. The van der Waals surface area contributed by atoms with E-state index in [1.54, 1.807) is 0 Å². The van der Waals surface area contributed by atoms with E-state index in [-0.39, 0.29) is 11.4 Å². The molecule has 1 spiro atoms. The second kappa shape index (κ2) is 10.1. The van der Waals surface area contributed by atoms with Crippen LogP contribution in [0.5, 0.6) is 0 Å². The topological polar surface area (TPSA) is 61.6 Å². The van der Waals surface area contributed by atoms with Crippen molar-refractivity contribution in [1.82, 2.24) is 20.3 Å². The first-order chi connectivity index (χ1) is 13.9. The van der Waals surface area contributed by atoms with E-state index in [0.29, 0.717) is 18.9 Å². The SMILES string of the molecule is Cc1noc(C)c1CN1CCCN(CC(C)C)C2(CCCCC2)CC(=O)NCC1. The molecule has 1 aromatic heterocycles. The molecule has 1 amide bonds. The number of nitrogens with one attached hydrogen (secondary N) is 1. The van der Waals surface area contributed by atoms with Gasteiger partial charge in [-0.05, 0) is 52.1 Å². The minimum absolute atomic E-state index is 0.0590. The molecule has 1 aliphatic heterocycles. The van der Waals surface area contributed by atoms with E-state index in [4.69, 9.17) is 4.52 Å². The maximum absolute atomic E-state index is 12.9. The summed E-state index contributed by atoms with van der Waals surface area (Å²) in [6, 6.07) is 0. The predicted octanol–water partition coefficient (Wildman–Crippen LogP) is 3.66. The summed E-state index contributed by atoms with van der Waals surface area (Å²) in [5.41, 5.74) is 2.22. The van der Waals surface area contributed by atoms with Crippen LogP contribution in [0.2, 0.25) is 0 Å². The van der Waals surface area contributed by atoms with Crippen LogP contribution in [0.3, 0.4) is 0 Å². The first-order valence-electron chi connectivity index (χ1n) is 11.6. The average Bonchev–Trinajstić information content (AvgIpc) is 2.97. The molecular weight excluding hydrogens is 364 g/mol. The minimum atomic E-state index is 0.0590. The molecule has 6 nitrogen and oxygen atoms in total. The maximum atomic E-state index is 12.9. The van der Waals surface area contributed by atoms with Crippen LogP contribution in [-0.2, 0) is 11.3 Å². The molecule has 1 saturated carbocycles. The lowest BCUT2D eigenvalue weighted by atomic mass is 9.77. The Hall–Kier alpha value is -1.40. The van der Waals surface area contributed by atoms with E-state index in [0.717, 1.165) is 63.4 Å². The van der Waals surface area contributed by atoms with Gasteiger partial charge in [0.1, 0.15) is 5.76 Å². The van der Waals surface area contributed by atoms with Crippen LogP contribution in [0, 0.1) is 19.8 Å². The number of hydrogen-bond acceptors (Lipinski definition) is 5. The molecule has 29 heavy (non-hydrogen) atoms. The zero-order chi connectivity index (χ0) is 20.9. The van der Waals surface area contributed by atoms with Gasteiger partial charge in [0.15, 0.2) is 0 Å². The highest BCUT2D eigenvalue weighted by atomic mass is 16.5. The van der Waals surface area contributed by atoms with Gasteiger partial charge in [0.05, 0.1) is 5.69 Å². The molecule has 0 unspecified atom stereocenters. The van der Waals surface area contributed by atoms with Crippen molar-refractivity contribution in [1.29, 1.82) is 0 Å². The normalized spacial score (nSPS) is 22.6. The van der Waals surface area contributed by atoms with Gasteiger partial charge in [-0.2, -0.15) is 0 Å². The molecule has 0 atom stereocenters. The number of nitrogens with zero attached hydrogens (tertiary/aromatic N) is 3. The third-order valence-corrected chi connectivity index (χ3v) is 6.75. The van der Waals surface area contributed by atoms with Crippen molar-refractivity contribution in [3.63, 3.8) is 0 Å². The van der Waals surface area contributed by atoms with Gasteiger partial charge in [-0.3, -0.25) is 14.6 Å². The predicted molar refractivity (Wildman–Crippen MR) is 116 cm³/mol. The van der Waals surface area contributed by atoms with Gasteiger partial charge >= 0.3 is 0 Å². The summed E-state index contributed by atoms with van der Waals surface area (Å²) < 4.78 is 5.36. The number of amides is 1. The van der Waals surface area contributed by atoms with E-state index < -0.39 is 0 Å². The van der Waals surface area contributed by atoms with Gasteiger partial charge in [-0.15, -0.1) is 0 Å². The Labute approximate surface area is 176 Å². The molecule has 1 N–H and O–H groups in total. The Kier molecular flexibility index (Phi) is 7.74. The zero-order valence-electron chi connectivity index (χ0n) is 18.9. The van der Waals surface area contributed by atoms with Gasteiger partial charge in [0.25, 0.3) is 0 Å². The Bertz CT molecular complexity index is 644. The fourth-order valence-corrected chi connectivity index (χ4v) is 5.20. The highest BCUT2D eigenvalue weighted by Crippen LogP contribution is 2.37. The van der Waals surface area contributed by atoms with Crippen molar-refractivity contribution in [3.05, 3.63) is 17.0 Å². The number of rotatable bonds is 4. The molecule has 0 radical (unpaired) electrons. The van der Waals surface area contributed by atoms with Gasteiger partial charge in [0, 0.05) is 43.7 Å². The van der Waals surface area contributed by atoms with Gasteiger partial charge in [0.2, 0.25) is 5.91 Å². The van der Waals surface area contributed by atoms with E-state index in [1.807, 2.05) is 13.8 Å². The third kappa shape index (κ3) is 5.82. The van der Waals surface area contributed by atoms with E-state index >= 15 is 0 Å². The van der Waals surface area contributed by atoms with Crippen LogP contribution >= 0.6 is 0 Å². The highest BCUT2D eigenvalue weighted by molar-refractivity contribution is 5.77. The standard InChI is InChI=1S/C23H40N4O2/c1-18(2)16-27-13-8-12-26(17-21-19(3)25-29-20(21)4)14-11-24-22(28)15-23(27)9-6-5-7-10-23/h18H,5-17H2,1-4H3,(H,24,28). The average molecular weight is 405 g/mol. The summed E-state index contributed by atoms with van der Waals surface area (Å²) in [5.74, 6) is 1.74. The summed E-state index contributed by atoms with van der Waals surface area (Å²) in [7, 11) is 0. The molecule has 3 rings (SSSR count). The molecule has 1 saturated heterocycles. The summed E-state index contributed by atoms with van der Waals surface area (Å²) in [6.45, 7) is 14.2. The van der Waals surface area contributed by atoms with Crippen molar-refractivity contribution < 1.29 is 9.32 Å². The van der Waals surface area contributed by atoms with Crippen molar-refractivity contribution >= 4 is 5.91 Å². The Balaban J connectivity index is 1.75. The smallest absolute Gasteiger partial charge is 0.221 e. The fraction of sp³-hybridized carbons (Fsp3) is 0.826. The molecule has 0 bridgehead atoms. The van der Waals surface area contributed by atoms with E-state index in [1.165, 1.54) is 24.8 Å². The van der Waals surface area contributed by atoms with Crippen molar-refractivity contribution in [2.75, 3.05) is 32.7 Å². The van der Waals surface area contributed by atoms with Crippen LogP contribution < -0.4 is 5.32 Å². The number of aromatic nitrogens is 1. The van der Waals surface area contributed by atoms with Gasteiger partial charge in [-0.25, -0.2) is 0 Å². The fourth-order valence-electron chi connectivity index (χ4n) is 5.20. The molecule has 2 fully saturated rings. The monoisotopic (exact) mass is 404 g/mol. The third-order valence-electron chi connectivity index (χ3n) is 6.75. The molecule has 2 heterocycles. The van der Waals surface area contributed by atoms with E-state index in [2.05, 4.69) is 34.1 Å². The summed E-state index contributed by atoms with van der Waals surface area (Å²) in [6.07, 6.45) is 7.92. The number of hydrogen-bond donors (Lipinski definition) is 1. The molecule has 0 aromatic carbocycles. The lowest BCUT2D eigenvalue weighted by Gasteiger charge is -2.47. The Morgan fingerprint density at radius 2 is 1.86 bits per heavy atom. The molecule has 2 aliphatic rings. The quantitative estimate of drug-likeness (QED) is 0.830. The van der Waals surface area contributed by atoms with Crippen LogP contribution in [0.15, 0.2) is 4.52 Å². The lowest BCUT2D eigenvalue weighted by molar-refractivity contribution is -0.125. The van der Waals surface area contributed by atoms with Crippen molar-refractivity contribution in [3.8, 4) is 0 Å². The zero-order valence-corrected chi connectivity index (χ0v) is 18.9. The summed E-state index contributed by atoms with van der Waals surface area (Å²) in [5, 5.41) is 7.32. The molecule has 6 heteroatoms. The van der Waals surface area contributed by atoms with Crippen molar-refractivity contribution in [2.24, 2.45) is 5.92 Å². The molecule has 1 aliphatic carbocycles. The van der Waals surface area contributed by atoms with Crippen LogP contribution in [-0.4, -0.2) is 59.1 Å². The van der Waals surface area contributed by atoms with Crippen LogP contribution in [0.4, 0.5) is 0 Å². The summed E-state index contributed by atoms with van der Waals surface area (Å²) in [4.78, 5) is 18.0. The summed E-state index contributed by atoms with van der Waals surface area (Å²) >= 11 is 0. The molecule has 164 valence electrons. The van der Waals surface area contributed by atoms with Crippen molar-refractivity contribution in [2.45, 2.75) is 84.7 Å². The second-order valence-electron chi connectivity index (χ2n) is 9.58. The Morgan fingerprint density at radius 3 is 2.52 bits per heavy atom. The lowest BCUT2D eigenvalue weighted by Crippen LogP contribution is -2.54. The first-order valence-corrected chi connectivity index (χ1v) is 11.6. The number of carbonyl (C=O) groups is 1. The number of carbonyl (C=O) groups excluding carboxylic acids is 1. The Morgan fingerprint density at radius 1 is 1.10 bits per heavy atom. The maximum Gasteiger partial charge on any atom is 0.221 e. The molecular formula is C23H40N4O2. The minimum Gasteiger partial charge on any atom is -0.361 e. The van der Waals surface area contributed by atoms with Crippen LogP contribution in [0.25, 0.3) is 0 Å². The molecule has 1 aromatic rings.